The van der Waals surface area contributed by atoms with Crippen LogP contribution in [0.1, 0.15) is 23.7 Å². The van der Waals surface area contributed by atoms with Crippen LogP contribution >= 0.6 is 11.8 Å². The van der Waals surface area contributed by atoms with Crippen LogP contribution in [0.3, 0.4) is 0 Å². The van der Waals surface area contributed by atoms with E-state index in [0.717, 1.165) is 11.5 Å². The summed E-state index contributed by atoms with van der Waals surface area (Å²) in [6.45, 7) is 3.56. The van der Waals surface area contributed by atoms with Crippen LogP contribution < -0.4 is 5.73 Å². The van der Waals surface area contributed by atoms with E-state index in [1.54, 1.807) is 0 Å². The molecule has 3 atom stereocenters. The Morgan fingerprint density at radius 1 is 1.50 bits per heavy atom. The van der Waals surface area contributed by atoms with Crippen LogP contribution in [0.15, 0.2) is 16.5 Å². The predicted octanol–water partition coefficient (Wildman–Crippen LogP) is 1.06. The fourth-order valence-corrected chi connectivity index (χ4v) is 2.50. The Kier molecular flexibility index (Phi) is 5.34. The second-order valence-electron chi connectivity index (χ2n) is 3.90. The molecule has 16 heavy (non-hydrogen) atoms. The Bertz CT molecular complexity index is 314. The van der Waals surface area contributed by atoms with Crippen molar-refractivity contribution < 1.29 is 14.6 Å². The van der Waals surface area contributed by atoms with Crippen molar-refractivity contribution in [1.29, 1.82) is 0 Å². The van der Waals surface area contributed by atoms with E-state index >= 15 is 0 Å². The quantitative estimate of drug-likeness (QED) is 0.698. The van der Waals surface area contributed by atoms with E-state index in [9.17, 15) is 5.11 Å². The lowest BCUT2D eigenvalue weighted by atomic mass is 10.2. The van der Waals surface area contributed by atoms with Gasteiger partial charge in [0, 0.05) is 11.8 Å². The number of hydrogen-bond donors (Lipinski definition) is 3. The summed E-state index contributed by atoms with van der Waals surface area (Å²) in [5, 5.41) is 18.1. The van der Waals surface area contributed by atoms with E-state index < -0.39 is 6.10 Å². The minimum atomic E-state index is -0.706. The van der Waals surface area contributed by atoms with Gasteiger partial charge in [0.15, 0.2) is 0 Å². The van der Waals surface area contributed by atoms with Gasteiger partial charge in [0.05, 0.1) is 18.0 Å². The highest BCUT2D eigenvalue weighted by Gasteiger charge is 2.21. The molecule has 4 nitrogen and oxygen atoms in total. The smallest absolute Gasteiger partial charge is 0.118 e. The van der Waals surface area contributed by atoms with Crippen LogP contribution in [-0.2, 0) is 0 Å². The van der Waals surface area contributed by atoms with Gasteiger partial charge >= 0.3 is 0 Å². The summed E-state index contributed by atoms with van der Waals surface area (Å²) in [6, 6.07) is 3.73. The molecular formula is C11H19NO3S. The molecule has 1 aromatic rings. The highest BCUT2D eigenvalue weighted by molar-refractivity contribution is 7.99. The van der Waals surface area contributed by atoms with Crippen LogP contribution in [0, 0.1) is 6.92 Å². The molecule has 0 aromatic carbocycles. The lowest BCUT2D eigenvalue weighted by Crippen LogP contribution is -2.24. The molecule has 0 amide bonds. The average Bonchev–Trinajstić information content (AvgIpc) is 2.64. The van der Waals surface area contributed by atoms with Crippen molar-refractivity contribution in [2.45, 2.75) is 31.2 Å². The van der Waals surface area contributed by atoms with Crippen molar-refractivity contribution in [2.75, 3.05) is 12.4 Å². The number of aliphatic hydroxyl groups is 2. The molecule has 0 fully saturated rings. The molecule has 0 bridgehead atoms. The van der Waals surface area contributed by atoms with Gasteiger partial charge in [-0.3, -0.25) is 0 Å². The van der Waals surface area contributed by atoms with Crippen LogP contribution in [0.5, 0.6) is 0 Å². The minimum Gasteiger partial charge on any atom is -0.465 e. The molecule has 5 heteroatoms. The van der Waals surface area contributed by atoms with E-state index in [4.69, 9.17) is 15.3 Å². The summed E-state index contributed by atoms with van der Waals surface area (Å²) in [7, 11) is 0. The number of aliphatic hydroxyl groups excluding tert-OH is 2. The Morgan fingerprint density at radius 3 is 2.62 bits per heavy atom. The van der Waals surface area contributed by atoms with Crippen molar-refractivity contribution in [3.05, 3.63) is 23.7 Å². The molecular weight excluding hydrogens is 226 g/mol. The number of rotatable bonds is 6. The second kappa shape index (κ2) is 6.30. The Labute approximate surface area is 99.8 Å². The normalized spacial score (nSPS) is 17.1. The largest absolute Gasteiger partial charge is 0.465 e. The molecule has 1 rings (SSSR count). The third-order valence-electron chi connectivity index (χ3n) is 2.20. The van der Waals surface area contributed by atoms with E-state index in [1.807, 2.05) is 26.0 Å². The van der Waals surface area contributed by atoms with Crippen molar-refractivity contribution in [1.82, 2.24) is 0 Å². The highest BCUT2D eigenvalue weighted by atomic mass is 32.2. The maximum atomic E-state index is 9.30. The van der Waals surface area contributed by atoms with Crippen LogP contribution in [-0.4, -0.2) is 34.7 Å². The lowest BCUT2D eigenvalue weighted by molar-refractivity contribution is 0.113. The Balaban J connectivity index is 2.61. The molecule has 4 N–H and O–H groups in total. The van der Waals surface area contributed by atoms with Gasteiger partial charge in [-0.1, -0.05) is 0 Å². The number of thioether (sulfide) groups is 1. The lowest BCUT2D eigenvalue weighted by Gasteiger charge is -2.19. The zero-order valence-electron chi connectivity index (χ0n) is 9.59. The van der Waals surface area contributed by atoms with Gasteiger partial charge in [-0.05, 0) is 26.0 Å². The van der Waals surface area contributed by atoms with Crippen molar-refractivity contribution >= 4 is 11.8 Å². The van der Waals surface area contributed by atoms with Gasteiger partial charge in [0.1, 0.15) is 11.5 Å². The predicted molar refractivity (Wildman–Crippen MR) is 65.4 cm³/mol. The monoisotopic (exact) mass is 245 g/mol. The Hall–Kier alpha value is -0.490. The Morgan fingerprint density at radius 2 is 2.19 bits per heavy atom. The third-order valence-corrected chi connectivity index (χ3v) is 3.80. The molecule has 0 aliphatic carbocycles. The SMILES string of the molecule is Cc1ccc(C(SCC(O)CO)C(C)N)o1. The molecule has 0 aliphatic heterocycles. The van der Waals surface area contributed by atoms with Crippen LogP contribution in [0.4, 0.5) is 0 Å². The summed E-state index contributed by atoms with van der Waals surface area (Å²) in [5.74, 6) is 2.12. The molecule has 0 saturated heterocycles. The molecule has 0 radical (unpaired) electrons. The fraction of sp³-hybridized carbons (Fsp3) is 0.636. The van der Waals surface area contributed by atoms with E-state index in [1.165, 1.54) is 11.8 Å². The summed E-state index contributed by atoms with van der Waals surface area (Å²) < 4.78 is 5.53. The van der Waals surface area contributed by atoms with E-state index in [-0.39, 0.29) is 17.9 Å². The molecule has 0 spiro atoms. The number of nitrogens with two attached hydrogens (primary N) is 1. The number of furan rings is 1. The summed E-state index contributed by atoms with van der Waals surface area (Å²) >= 11 is 1.50. The molecule has 0 saturated carbocycles. The first-order valence-electron chi connectivity index (χ1n) is 5.27. The van der Waals surface area contributed by atoms with Gasteiger partial charge in [0.25, 0.3) is 0 Å². The van der Waals surface area contributed by atoms with Gasteiger partial charge in [-0.25, -0.2) is 0 Å². The first kappa shape index (κ1) is 13.6. The number of hydrogen-bond acceptors (Lipinski definition) is 5. The van der Waals surface area contributed by atoms with E-state index in [0.29, 0.717) is 5.75 Å². The maximum absolute atomic E-state index is 9.30. The van der Waals surface area contributed by atoms with Crippen molar-refractivity contribution in [2.24, 2.45) is 5.73 Å². The molecule has 92 valence electrons. The first-order chi connectivity index (χ1) is 7.54. The van der Waals surface area contributed by atoms with Gasteiger partial charge < -0.3 is 20.4 Å². The summed E-state index contributed by atoms with van der Waals surface area (Å²) in [6.07, 6.45) is -0.706. The van der Waals surface area contributed by atoms with Crippen molar-refractivity contribution in [3.63, 3.8) is 0 Å². The fourth-order valence-electron chi connectivity index (χ4n) is 1.37. The zero-order chi connectivity index (χ0) is 12.1. The van der Waals surface area contributed by atoms with Crippen LogP contribution in [0.25, 0.3) is 0 Å². The van der Waals surface area contributed by atoms with Gasteiger partial charge in [-0.2, -0.15) is 0 Å². The highest BCUT2D eigenvalue weighted by Crippen LogP contribution is 2.32. The third kappa shape index (κ3) is 3.83. The standard InChI is InChI=1S/C11H19NO3S/c1-7-3-4-10(15-7)11(8(2)12)16-6-9(14)5-13/h3-4,8-9,11,13-14H,5-6,12H2,1-2H3. The number of aryl methyl sites for hydroxylation is 1. The minimum absolute atomic E-state index is 0.00917. The average molecular weight is 245 g/mol. The molecule has 1 heterocycles. The second-order valence-corrected chi connectivity index (χ2v) is 5.07. The molecule has 3 unspecified atom stereocenters. The van der Waals surface area contributed by atoms with Gasteiger partial charge in [0.2, 0.25) is 0 Å². The molecule has 0 aliphatic rings. The van der Waals surface area contributed by atoms with Gasteiger partial charge in [-0.15, -0.1) is 11.8 Å². The summed E-state index contributed by atoms with van der Waals surface area (Å²) in [4.78, 5) is 0. The maximum Gasteiger partial charge on any atom is 0.118 e. The first-order valence-corrected chi connectivity index (χ1v) is 6.32. The van der Waals surface area contributed by atoms with Crippen molar-refractivity contribution in [3.8, 4) is 0 Å². The topological polar surface area (TPSA) is 79.6 Å². The molecule has 1 aromatic heterocycles. The van der Waals surface area contributed by atoms with Crippen LogP contribution in [0.2, 0.25) is 0 Å². The summed E-state index contributed by atoms with van der Waals surface area (Å²) in [5.41, 5.74) is 5.88. The van der Waals surface area contributed by atoms with E-state index in [2.05, 4.69) is 0 Å². The zero-order valence-corrected chi connectivity index (χ0v) is 10.4.